The van der Waals surface area contributed by atoms with Crippen LogP contribution in [-0.4, -0.2) is 42.1 Å². The molecule has 1 aliphatic heterocycles. The number of fused-ring (bicyclic) bond motifs is 2. The molecular weight excluding hydrogens is 302 g/mol. The van der Waals surface area contributed by atoms with Crippen LogP contribution in [0.2, 0.25) is 0 Å². The minimum atomic E-state index is -0.00569. The van der Waals surface area contributed by atoms with Crippen molar-refractivity contribution in [2.75, 3.05) is 29.9 Å². The SMILES string of the molecule is CNCCN1C(=O)c2cccnc2N(C2CC2)c2nccc(C)c21. The Bertz CT molecular complexity index is 787. The van der Waals surface area contributed by atoms with Crippen LogP contribution in [-0.2, 0) is 0 Å². The standard InChI is InChI=1S/C18H21N5O/c1-12-7-9-21-17-15(12)22(11-10-19-2)18(24)14-4-3-8-20-16(14)23(17)13-5-6-13/h3-4,7-9,13,19H,5-6,10-11H2,1-2H3. The molecule has 1 amide bonds. The largest absolute Gasteiger partial charge is 0.318 e. The van der Waals surface area contributed by atoms with Crippen LogP contribution in [0.1, 0.15) is 28.8 Å². The summed E-state index contributed by atoms with van der Waals surface area (Å²) in [7, 11) is 1.89. The van der Waals surface area contributed by atoms with Crippen molar-refractivity contribution in [2.24, 2.45) is 0 Å². The van der Waals surface area contributed by atoms with Gasteiger partial charge in [-0.2, -0.15) is 0 Å². The van der Waals surface area contributed by atoms with Gasteiger partial charge in [-0.25, -0.2) is 9.97 Å². The maximum absolute atomic E-state index is 13.2. The second kappa shape index (κ2) is 5.87. The van der Waals surface area contributed by atoms with Crippen molar-refractivity contribution in [1.82, 2.24) is 15.3 Å². The van der Waals surface area contributed by atoms with Gasteiger partial charge in [0.25, 0.3) is 5.91 Å². The first-order valence-corrected chi connectivity index (χ1v) is 8.38. The second-order valence-corrected chi connectivity index (χ2v) is 6.34. The van der Waals surface area contributed by atoms with E-state index in [4.69, 9.17) is 0 Å². The molecule has 3 heterocycles. The van der Waals surface area contributed by atoms with Crippen molar-refractivity contribution >= 4 is 23.2 Å². The summed E-state index contributed by atoms with van der Waals surface area (Å²) in [4.78, 5) is 26.4. The summed E-state index contributed by atoms with van der Waals surface area (Å²) < 4.78 is 0. The van der Waals surface area contributed by atoms with E-state index in [-0.39, 0.29) is 5.91 Å². The van der Waals surface area contributed by atoms with Crippen molar-refractivity contribution in [2.45, 2.75) is 25.8 Å². The Morgan fingerprint density at radius 3 is 2.75 bits per heavy atom. The van der Waals surface area contributed by atoms with Crippen LogP contribution < -0.4 is 15.1 Å². The molecule has 1 aliphatic carbocycles. The summed E-state index contributed by atoms with van der Waals surface area (Å²) in [6.45, 7) is 3.36. The van der Waals surface area contributed by atoms with Gasteiger partial charge in [-0.3, -0.25) is 4.79 Å². The fraction of sp³-hybridized carbons (Fsp3) is 0.389. The van der Waals surface area contributed by atoms with Gasteiger partial charge in [-0.05, 0) is 50.6 Å². The highest BCUT2D eigenvalue weighted by Gasteiger charge is 2.40. The van der Waals surface area contributed by atoms with E-state index in [9.17, 15) is 4.79 Å². The number of likely N-dealkylation sites (N-methyl/N-ethyl adjacent to an activating group) is 1. The van der Waals surface area contributed by atoms with Crippen LogP contribution in [0.3, 0.4) is 0 Å². The maximum atomic E-state index is 13.2. The Hall–Kier alpha value is -2.47. The van der Waals surface area contributed by atoms with E-state index in [1.807, 2.05) is 43.3 Å². The Labute approximate surface area is 141 Å². The minimum Gasteiger partial charge on any atom is -0.318 e. The number of pyridine rings is 2. The summed E-state index contributed by atoms with van der Waals surface area (Å²) in [6, 6.07) is 6.04. The number of aromatic nitrogens is 2. The van der Waals surface area contributed by atoms with E-state index >= 15 is 0 Å². The Balaban J connectivity index is 1.96. The maximum Gasteiger partial charge on any atom is 0.262 e. The molecule has 124 valence electrons. The highest BCUT2D eigenvalue weighted by molar-refractivity contribution is 6.13. The molecule has 1 saturated carbocycles. The first-order chi connectivity index (χ1) is 11.7. The smallest absolute Gasteiger partial charge is 0.262 e. The molecule has 2 aromatic rings. The lowest BCUT2D eigenvalue weighted by Crippen LogP contribution is -2.36. The molecular formula is C18H21N5O. The zero-order valence-electron chi connectivity index (χ0n) is 14.0. The van der Waals surface area contributed by atoms with Gasteiger partial charge in [0.2, 0.25) is 0 Å². The highest BCUT2D eigenvalue weighted by atomic mass is 16.2. The number of carbonyl (C=O) groups is 1. The lowest BCUT2D eigenvalue weighted by Gasteiger charge is -2.26. The fourth-order valence-electron chi connectivity index (χ4n) is 3.26. The molecule has 24 heavy (non-hydrogen) atoms. The number of nitrogens with zero attached hydrogens (tertiary/aromatic N) is 4. The molecule has 4 rings (SSSR count). The number of hydrogen-bond acceptors (Lipinski definition) is 5. The van der Waals surface area contributed by atoms with Crippen molar-refractivity contribution < 1.29 is 4.79 Å². The fourth-order valence-corrected chi connectivity index (χ4v) is 3.26. The average Bonchev–Trinajstić information content (AvgIpc) is 3.42. The molecule has 0 radical (unpaired) electrons. The van der Waals surface area contributed by atoms with E-state index in [1.165, 1.54) is 0 Å². The third kappa shape index (κ3) is 2.34. The number of rotatable bonds is 4. The lowest BCUT2D eigenvalue weighted by molar-refractivity contribution is 0.0988. The van der Waals surface area contributed by atoms with Gasteiger partial charge < -0.3 is 15.1 Å². The number of hydrogen-bond donors (Lipinski definition) is 1. The molecule has 1 N–H and O–H groups in total. The number of nitrogens with one attached hydrogen (secondary N) is 1. The summed E-state index contributed by atoms with van der Waals surface area (Å²) in [5.74, 6) is 1.57. The van der Waals surface area contributed by atoms with Crippen LogP contribution in [0, 0.1) is 6.92 Å². The summed E-state index contributed by atoms with van der Waals surface area (Å²) in [6.07, 6.45) is 5.78. The molecule has 0 spiro atoms. The van der Waals surface area contributed by atoms with Crippen molar-refractivity contribution in [3.05, 3.63) is 41.7 Å². The lowest BCUT2D eigenvalue weighted by atomic mass is 10.2. The summed E-state index contributed by atoms with van der Waals surface area (Å²) in [5.41, 5.74) is 2.61. The molecule has 6 nitrogen and oxygen atoms in total. The van der Waals surface area contributed by atoms with Crippen LogP contribution in [0.4, 0.5) is 17.3 Å². The third-order valence-corrected chi connectivity index (χ3v) is 4.59. The minimum absolute atomic E-state index is 0.00569. The molecule has 2 aliphatic rings. The van der Waals surface area contributed by atoms with Crippen LogP contribution in [0.5, 0.6) is 0 Å². The van der Waals surface area contributed by atoms with E-state index < -0.39 is 0 Å². The van der Waals surface area contributed by atoms with E-state index in [1.54, 1.807) is 6.20 Å². The van der Waals surface area contributed by atoms with E-state index in [0.717, 1.165) is 42.3 Å². The van der Waals surface area contributed by atoms with Gasteiger partial charge in [0.1, 0.15) is 5.82 Å². The molecule has 0 aromatic carbocycles. The quantitative estimate of drug-likeness (QED) is 0.935. The molecule has 6 heteroatoms. The third-order valence-electron chi connectivity index (χ3n) is 4.59. The second-order valence-electron chi connectivity index (χ2n) is 6.34. The predicted molar refractivity (Wildman–Crippen MR) is 94.0 cm³/mol. The predicted octanol–water partition coefficient (Wildman–Crippen LogP) is 2.27. The number of carbonyl (C=O) groups excluding carboxylic acids is 1. The topological polar surface area (TPSA) is 61.4 Å². The zero-order chi connectivity index (χ0) is 16.7. The average molecular weight is 323 g/mol. The van der Waals surface area contributed by atoms with Crippen molar-refractivity contribution in [1.29, 1.82) is 0 Å². The van der Waals surface area contributed by atoms with Gasteiger partial charge >= 0.3 is 0 Å². The summed E-state index contributed by atoms with van der Waals surface area (Å²) in [5, 5.41) is 3.13. The Morgan fingerprint density at radius 2 is 2.00 bits per heavy atom. The molecule has 0 saturated heterocycles. The van der Waals surface area contributed by atoms with Gasteiger partial charge in [-0.15, -0.1) is 0 Å². The van der Waals surface area contributed by atoms with Gasteiger partial charge in [-0.1, -0.05) is 0 Å². The van der Waals surface area contributed by atoms with Crippen LogP contribution >= 0.6 is 0 Å². The van der Waals surface area contributed by atoms with Gasteiger partial charge in [0.15, 0.2) is 5.82 Å². The van der Waals surface area contributed by atoms with Crippen LogP contribution in [0.15, 0.2) is 30.6 Å². The summed E-state index contributed by atoms with van der Waals surface area (Å²) >= 11 is 0. The molecule has 1 fully saturated rings. The number of aryl methyl sites for hydroxylation is 1. The highest BCUT2D eigenvalue weighted by Crippen LogP contribution is 2.45. The first kappa shape index (κ1) is 15.1. The van der Waals surface area contributed by atoms with Crippen molar-refractivity contribution in [3.8, 4) is 0 Å². The van der Waals surface area contributed by atoms with Crippen LogP contribution in [0.25, 0.3) is 0 Å². The van der Waals surface area contributed by atoms with Gasteiger partial charge in [0.05, 0.1) is 11.3 Å². The Kier molecular flexibility index (Phi) is 3.69. The monoisotopic (exact) mass is 323 g/mol. The first-order valence-electron chi connectivity index (χ1n) is 8.38. The Morgan fingerprint density at radius 1 is 1.21 bits per heavy atom. The number of amides is 1. The van der Waals surface area contributed by atoms with E-state index in [0.29, 0.717) is 18.2 Å². The van der Waals surface area contributed by atoms with E-state index in [2.05, 4.69) is 20.2 Å². The van der Waals surface area contributed by atoms with Crippen molar-refractivity contribution in [3.63, 3.8) is 0 Å². The number of anilines is 3. The molecule has 0 atom stereocenters. The molecule has 0 unspecified atom stereocenters. The molecule has 2 aromatic heterocycles. The molecule has 0 bridgehead atoms. The normalized spacial score (nSPS) is 16.7. The zero-order valence-corrected chi connectivity index (χ0v) is 14.0. The van der Waals surface area contributed by atoms with Gasteiger partial charge in [0, 0.05) is 31.5 Å².